The fourth-order valence-electron chi connectivity index (χ4n) is 1.95. The van der Waals surface area contributed by atoms with Crippen LogP contribution in [0, 0.1) is 0 Å². The van der Waals surface area contributed by atoms with E-state index >= 15 is 0 Å². The molecular weight excluding hydrogens is 312 g/mol. The van der Waals surface area contributed by atoms with E-state index in [9.17, 15) is 0 Å². The quantitative estimate of drug-likeness (QED) is 0.886. The number of rotatable bonds is 6. The molecule has 6 heteroatoms. The van der Waals surface area contributed by atoms with Crippen molar-refractivity contribution in [3.05, 3.63) is 32.9 Å². The Morgan fingerprint density at radius 1 is 1.50 bits per heavy atom. The van der Waals surface area contributed by atoms with Crippen molar-refractivity contribution >= 4 is 27.3 Å². The number of aryl methyl sites for hydroxylation is 1. The van der Waals surface area contributed by atoms with Gasteiger partial charge in [-0.05, 0) is 40.8 Å². The molecule has 0 radical (unpaired) electrons. The van der Waals surface area contributed by atoms with Crippen molar-refractivity contribution in [2.45, 2.75) is 32.9 Å². The Hall–Kier alpha value is -0.720. The highest BCUT2D eigenvalue weighted by Crippen LogP contribution is 2.30. The predicted octanol–water partition coefficient (Wildman–Crippen LogP) is 3.02. The molecule has 1 N–H and O–H groups in total. The van der Waals surface area contributed by atoms with E-state index < -0.39 is 0 Å². The number of aromatic nitrogens is 3. The lowest BCUT2D eigenvalue weighted by molar-refractivity contribution is 0.514. The van der Waals surface area contributed by atoms with Crippen molar-refractivity contribution in [1.29, 1.82) is 0 Å². The van der Waals surface area contributed by atoms with Gasteiger partial charge in [0.05, 0.1) is 0 Å². The summed E-state index contributed by atoms with van der Waals surface area (Å²) in [6.07, 6.45) is 2.49. The molecule has 0 amide bonds. The Bertz CT molecular complexity index is 494. The Kier molecular flexibility index (Phi) is 4.91. The molecule has 0 saturated carbocycles. The third-order valence-electron chi connectivity index (χ3n) is 2.79. The molecule has 0 aromatic carbocycles. The van der Waals surface area contributed by atoms with Gasteiger partial charge < -0.3 is 5.32 Å². The molecule has 2 rings (SSSR count). The SMILES string of the molecule is CCNC(Cc1ncnn1CC)c1sccc1Br. The van der Waals surface area contributed by atoms with Crippen molar-refractivity contribution in [3.63, 3.8) is 0 Å². The zero-order chi connectivity index (χ0) is 13.0. The van der Waals surface area contributed by atoms with Crippen LogP contribution in [0.1, 0.15) is 30.6 Å². The molecule has 1 unspecified atom stereocenters. The number of likely N-dealkylation sites (N-methyl/N-ethyl adjacent to an activating group) is 1. The summed E-state index contributed by atoms with van der Waals surface area (Å²) in [6.45, 7) is 6.01. The smallest absolute Gasteiger partial charge is 0.138 e. The Balaban J connectivity index is 2.19. The maximum Gasteiger partial charge on any atom is 0.138 e. The maximum atomic E-state index is 4.35. The molecule has 0 spiro atoms. The molecule has 0 aliphatic heterocycles. The monoisotopic (exact) mass is 328 g/mol. The molecule has 0 saturated heterocycles. The van der Waals surface area contributed by atoms with Gasteiger partial charge in [-0.15, -0.1) is 11.3 Å². The Morgan fingerprint density at radius 3 is 2.94 bits per heavy atom. The van der Waals surface area contributed by atoms with Gasteiger partial charge in [0.2, 0.25) is 0 Å². The van der Waals surface area contributed by atoms with Gasteiger partial charge in [-0.3, -0.25) is 4.68 Å². The number of nitrogens with one attached hydrogen (secondary N) is 1. The first kappa shape index (κ1) is 13.7. The van der Waals surface area contributed by atoms with Crippen LogP contribution >= 0.6 is 27.3 Å². The normalized spacial score (nSPS) is 12.8. The lowest BCUT2D eigenvalue weighted by Gasteiger charge is -2.17. The molecule has 0 fully saturated rings. The van der Waals surface area contributed by atoms with E-state index in [-0.39, 0.29) is 0 Å². The molecule has 0 bridgehead atoms. The third kappa shape index (κ3) is 2.99. The van der Waals surface area contributed by atoms with Crippen molar-refractivity contribution in [2.24, 2.45) is 0 Å². The highest BCUT2D eigenvalue weighted by molar-refractivity contribution is 9.10. The average Bonchev–Trinajstić information content (AvgIpc) is 2.97. The maximum absolute atomic E-state index is 4.35. The molecule has 2 aromatic heterocycles. The number of hydrogen-bond acceptors (Lipinski definition) is 4. The van der Waals surface area contributed by atoms with E-state index in [4.69, 9.17) is 0 Å². The predicted molar refractivity (Wildman–Crippen MR) is 77.8 cm³/mol. The molecular formula is C12H17BrN4S. The summed E-state index contributed by atoms with van der Waals surface area (Å²) in [5, 5.41) is 9.84. The van der Waals surface area contributed by atoms with Gasteiger partial charge in [-0.2, -0.15) is 5.10 Å². The van der Waals surface area contributed by atoms with Crippen LogP contribution in [-0.4, -0.2) is 21.3 Å². The first-order valence-corrected chi connectivity index (χ1v) is 7.76. The summed E-state index contributed by atoms with van der Waals surface area (Å²) in [7, 11) is 0. The highest BCUT2D eigenvalue weighted by Gasteiger charge is 2.18. The molecule has 0 aliphatic rings. The summed E-state index contributed by atoms with van der Waals surface area (Å²) in [6, 6.07) is 2.38. The third-order valence-corrected chi connectivity index (χ3v) is 4.78. The molecule has 18 heavy (non-hydrogen) atoms. The van der Waals surface area contributed by atoms with Crippen LogP contribution in [0.5, 0.6) is 0 Å². The minimum Gasteiger partial charge on any atom is -0.309 e. The minimum absolute atomic E-state index is 0.291. The summed E-state index contributed by atoms with van der Waals surface area (Å²) in [5.41, 5.74) is 0. The fraction of sp³-hybridized carbons (Fsp3) is 0.500. The van der Waals surface area contributed by atoms with Crippen LogP contribution in [0.4, 0.5) is 0 Å². The van der Waals surface area contributed by atoms with Crippen LogP contribution in [0.15, 0.2) is 22.2 Å². The van der Waals surface area contributed by atoms with E-state index in [0.717, 1.165) is 25.3 Å². The van der Waals surface area contributed by atoms with Gasteiger partial charge in [0, 0.05) is 28.4 Å². The van der Waals surface area contributed by atoms with Crippen LogP contribution in [0.25, 0.3) is 0 Å². The zero-order valence-electron chi connectivity index (χ0n) is 10.6. The van der Waals surface area contributed by atoms with E-state index in [1.165, 1.54) is 9.35 Å². The largest absolute Gasteiger partial charge is 0.309 e. The molecule has 0 aliphatic carbocycles. The molecule has 98 valence electrons. The van der Waals surface area contributed by atoms with Crippen molar-refractivity contribution in [3.8, 4) is 0 Å². The minimum atomic E-state index is 0.291. The van der Waals surface area contributed by atoms with Crippen LogP contribution in [0.3, 0.4) is 0 Å². The van der Waals surface area contributed by atoms with E-state index in [1.54, 1.807) is 17.7 Å². The molecule has 2 heterocycles. The number of thiophene rings is 1. The summed E-state index contributed by atoms with van der Waals surface area (Å²) < 4.78 is 3.12. The van der Waals surface area contributed by atoms with Gasteiger partial charge in [0.1, 0.15) is 12.2 Å². The first-order chi connectivity index (χ1) is 8.76. The molecule has 4 nitrogen and oxygen atoms in total. The second-order valence-electron chi connectivity index (χ2n) is 3.94. The molecule has 1 atom stereocenters. The van der Waals surface area contributed by atoms with Gasteiger partial charge >= 0.3 is 0 Å². The Morgan fingerprint density at radius 2 is 2.33 bits per heavy atom. The summed E-state index contributed by atoms with van der Waals surface area (Å²) in [4.78, 5) is 5.67. The lowest BCUT2D eigenvalue weighted by atomic mass is 10.1. The standard InChI is InChI=1S/C12H17BrN4S/c1-3-14-10(12-9(13)5-6-18-12)7-11-15-8-16-17(11)4-2/h5-6,8,10,14H,3-4,7H2,1-2H3. The summed E-state index contributed by atoms with van der Waals surface area (Å²) in [5.74, 6) is 1.03. The average molecular weight is 329 g/mol. The van der Waals surface area contributed by atoms with Crippen molar-refractivity contribution in [2.75, 3.05) is 6.54 Å². The van der Waals surface area contributed by atoms with Gasteiger partial charge in [0.25, 0.3) is 0 Å². The topological polar surface area (TPSA) is 42.7 Å². The van der Waals surface area contributed by atoms with Gasteiger partial charge in [-0.1, -0.05) is 6.92 Å². The summed E-state index contributed by atoms with van der Waals surface area (Å²) >= 11 is 5.37. The highest BCUT2D eigenvalue weighted by atomic mass is 79.9. The van der Waals surface area contributed by atoms with E-state index in [0.29, 0.717) is 6.04 Å². The lowest BCUT2D eigenvalue weighted by Crippen LogP contribution is -2.24. The van der Waals surface area contributed by atoms with Crippen molar-refractivity contribution < 1.29 is 0 Å². The van der Waals surface area contributed by atoms with Crippen molar-refractivity contribution in [1.82, 2.24) is 20.1 Å². The van der Waals surface area contributed by atoms with E-state index in [1.807, 2.05) is 4.68 Å². The number of nitrogens with zero attached hydrogens (tertiary/aromatic N) is 3. The molecule has 2 aromatic rings. The van der Waals surface area contributed by atoms with Crippen LogP contribution in [-0.2, 0) is 13.0 Å². The number of hydrogen-bond donors (Lipinski definition) is 1. The van der Waals surface area contributed by atoms with Gasteiger partial charge in [0.15, 0.2) is 0 Å². The van der Waals surface area contributed by atoms with E-state index in [2.05, 4.69) is 56.6 Å². The zero-order valence-corrected chi connectivity index (χ0v) is 13.0. The van der Waals surface area contributed by atoms with Gasteiger partial charge in [-0.25, -0.2) is 4.98 Å². The number of halogens is 1. The Labute approximate surface area is 120 Å². The van der Waals surface area contributed by atoms with Crippen LogP contribution in [0.2, 0.25) is 0 Å². The first-order valence-electron chi connectivity index (χ1n) is 6.09. The second kappa shape index (κ2) is 6.45. The second-order valence-corrected chi connectivity index (χ2v) is 5.74. The van der Waals surface area contributed by atoms with Crippen LogP contribution < -0.4 is 5.32 Å². The fourth-order valence-corrected chi connectivity index (χ4v) is 3.68.